The molecule has 4 heterocycles. The Balaban J connectivity index is 1.52. The molecular formula is C24H30N4O4S. The van der Waals surface area contributed by atoms with Crippen molar-refractivity contribution < 1.29 is 19.4 Å². The Hall–Kier alpha value is -2.91. The Bertz CT molecular complexity index is 1120. The number of fused-ring (bicyclic) bond motifs is 1. The summed E-state index contributed by atoms with van der Waals surface area (Å²) >= 11 is 1.59. The molecule has 2 N–H and O–H groups in total. The molecule has 3 aromatic rings. The summed E-state index contributed by atoms with van der Waals surface area (Å²) in [5.74, 6) is 0.570. The number of thiophene rings is 1. The van der Waals surface area contributed by atoms with Gasteiger partial charge in [-0.3, -0.25) is 0 Å². The summed E-state index contributed by atoms with van der Waals surface area (Å²) < 4.78 is 10.7. The van der Waals surface area contributed by atoms with Gasteiger partial charge < -0.3 is 24.8 Å². The third-order valence-corrected chi connectivity index (χ3v) is 6.63. The van der Waals surface area contributed by atoms with Crippen LogP contribution in [0.1, 0.15) is 39.2 Å². The van der Waals surface area contributed by atoms with Gasteiger partial charge in [0.1, 0.15) is 10.4 Å². The molecule has 1 fully saturated rings. The molecule has 1 saturated heterocycles. The zero-order valence-corrected chi connectivity index (χ0v) is 20.2. The van der Waals surface area contributed by atoms with Gasteiger partial charge in [0, 0.05) is 59.0 Å². The lowest BCUT2D eigenvalue weighted by Gasteiger charge is -2.34. The highest BCUT2D eigenvalue weighted by Crippen LogP contribution is 2.38. The number of hydrogen-bond acceptors (Lipinski definition) is 8. The second kappa shape index (κ2) is 9.52. The largest absolute Gasteiger partial charge is 0.481 e. The molecule has 0 spiro atoms. The van der Waals surface area contributed by atoms with Crippen LogP contribution in [-0.2, 0) is 11.3 Å². The second-order valence-corrected chi connectivity index (χ2v) is 10.2. The highest BCUT2D eigenvalue weighted by Gasteiger charge is 2.27. The van der Waals surface area contributed by atoms with E-state index in [-0.39, 0.29) is 18.7 Å². The molecule has 0 aromatic carbocycles. The molecule has 0 bridgehead atoms. The fraction of sp³-hybridized carbons (Fsp3) is 0.458. The normalized spacial score (nSPS) is 15.0. The van der Waals surface area contributed by atoms with Gasteiger partial charge in [-0.15, -0.1) is 11.3 Å². The van der Waals surface area contributed by atoms with E-state index in [4.69, 9.17) is 9.47 Å². The van der Waals surface area contributed by atoms with Crippen molar-refractivity contribution in [3.8, 4) is 16.3 Å². The minimum Gasteiger partial charge on any atom is -0.481 e. The number of carbonyl (C=O) groups excluding carboxylic acids is 1. The first-order chi connectivity index (χ1) is 15.8. The van der Waals surface area contributed by atoms with Gasteiger partial charge in [0.25, 0.3) is 0 Å². The van der Waals surface area contributed by atoms with Crippen LogP contribution in [0.3, 0.4) is 0 Å². The maximum Gasteiger partial charge on any atom is 0.410 e. The van der Waals surface area contributed by atoms with E-state index in [0.29, 0.717) is 19.0 Å². The summed E-state index contributed by atoms with van der Waals surface area (Å²) in [5, 5.41) is 14.5. The molecule has 33 heavy (non-hydrogen) atoms. The van der Waals surface area contributed by atoms with Crippen molar-refractivity contribution in [2.75, 3.05) is 25.5 Å². The number of amides is 1. The van der Waals surface area contributed by atoms with E-state index >= 15 is 0 Å². The molecule has 0 unspecified atom stereocenters. The van der Waals surface area contributed by atoms with E-state index in [0.717, 1.165) is 44.7 Å². The van der Waals surface area contributed by atoms with Gasteiger partial charge in [0.05, 0.1) is 19.4 Å². The zero-order chi connectivity index (χ0) is 23.6. The maximum absolute atomic E-state index is 12.4. The molecule has 0 radical (unpaired) electrons. The third-order valence-electron chi connectivity index (χ3n) is 5.54. The summed E-state index contributed by atoms with van der Waals surface area (Å²) in [6.07, 6.45) is 4.85. The fourth-order valence-corrected chi connectivity index (χ4v) is 4.85. The van der Waals surface area contributed by atoms with Crippen molar-refractivity contribution >= 4 is 33.3 Å². The number of methoxy groups -OCH3 is 1. The average Bonchev–Trinajstić information content (AvgIpc) is 3.23. The van der Waals surface area contributed by atoms with Gasteiger partial charge >= 0.3 is 6.09 Å². The highest BCUT2D eigenvalue weighted by molar-refractivity contribution is 7.21. The van der Waals surface area contributed by atoms with Crippen molar-refractivity contribution in [2.45, 2.75) is 51.9 Å². The zero-order valence-electron chi connectivity index (χ0n) is 19.4. The van der Waals surface area contributed by atoms with Crippen LogP contribution >= 0.6 is 11.3 Å². The summed E-state index contributed by atoms with van der Waals surface area (Å²) in [7, 11) is 1.59. The first-order valence-corrected chi connectivity index (χ1v) is 11.9. The van der Waals surface area contributed by atoms with E-state index < -0.39 is 5.60 Å². The molecule has 0 aliphatic carbocycles. The van der Waals surface area contributed by atoms with Gasteiger partial charge in [-0.1, -0.05) is 0 Å². The van der Waals surface area contributed by atoms with Crippen LogP contribution in [0.4, 0.5) is 10.5 Å². The number of piperidine rings is 1. The molecule has 1 aliphatic rings. The number of carbonyl (C=O) groups is 1. The highest BCUT2D eigenvalue weighted by atomic mass is 32.1. The standard InChI is InChI=1S/C24H30N4O4S/c1-24(2,3)32-23(30)28-9-7-17(8-10-28)27-21-16(14-29)13-26-22-18(21)11-19(33-22)15-5-6-20(31-4)25-12-15/h5-6,11-13,17,29H,7-10,14H2,1-4H3,(H,26,27). The number of nitrogens with one attached hydrogen (secondary N) is 1. The Morgan fingerprint density at radius 2 is 2.00 bits per heavy atom. The molecule has 1 aliphatic heterocycles. The van der Waals surface area contributed by atoms with E-state index in [1.807, 2.05) is 32.9 Å². The SMILES string of the molecule is COc1ccc(-c2cc3c(NC4CCN(C(=O)OC(C)(C)C)CC4)c(CO)cnc3s2)cn1. The number of aromatic nitrogens is 2. The van der Waals surface area contributed by atoms with Gasteiger partial charge in [0.15, 0.2) is 0 Å². The van der Waals surface area contributed by atoms with E-state index in [2.05, 4.69) is 21.4 Å². The number of pyridine rings is 2. The molecule has 1 amide bonds. The third kappa shape index (κ3) is 5.36. The molecule has 9 heteroatoms. The predicted octanol–water partition coefficient (Wildman–Crippen LogP) is 4.67. The number of hydrogen-bond donors (Lipinski definition) is 2. The first-order valence-electron chi connectivity index (χ1n) is 11.0. The number of nitrogens with zero attached hydrogens (tertiary/aromatic N) is 3. The van der Waals surface area contributed by atoms with E-state index in [1.165, 1.54) is 0 Å². The summed E-state index contributed by atoms with van der Waals surface area (Å²) in [6, 6.07) is 6.09. The Kier molecular flexibility index (Phi) is 6.71. The van der Waals surface area contributed by atoms with Crippen molar-refractivity contribution in [1.29, 1.82) is 0 Å². The first kappa shape index (κ1) is 23.3. The quantitative estimate of drug-likeness (QED) is 0.559. The minimum atomic E-state index is -0.499. The molecule has 8 nitrogen and oxygen atoms in total. The van der Waals surface area contributed by atoms with E-state index in [1.54, 1.807) is 35.7 Å². The van der Waals surface area contributed by atoms with Crippen LogP contribution in [-0.4, -0.2) is 57.9 Å². The topological polar surface area (TPSA) is 96.8 Å². The van der Waals surface area contributed by atoms with Gasteiger partial charge in [-0.2, -0.15) is 0 Å². The monoisotopic (exact) mass is 470 g/mol. The maximum atomic E-state index is 12.4. The number of rotatable bonds is 5. The van der Waals surface area contributed by atoms with Gasteiger partial charge in [-0.25, -0.2) is 14.8 Å². The Morgan fingerprint density at radius 3 is 2.61 bits per heavy atom. The second-order valence-electron chi connectivity index (χ2n) is 9.12. The van der Waals surface area contributed by atoms with Crippen LogP contribution in [0, 0.1) is 0 Å². The Labute approximate surface area is 197 Å². The summed E-state index contributed by atoms with van der Waals surface area (Å²) in [5.41, 5.74) is 2.15. The molecule has 0 saturated carbocycles. The lowest BCUT2D eigenvalue weighted by Crippen LogP contribution is -2.44. The Morgan fingerprint density at radius 1 is 1.24 bits per heavy atom. The number of aliphatic hydroxyl groups is 1. The number of ether oxygens (including phenoxy) is 2. The smallest absolute Gasteiger partial charge is 0.410 e. The lowest BCUT2D eigenvalue weighted by molar-refractivity contribution is 0.0210. The van der Waals surface area contributed by atoms with Crippen LogP contribution in [0.5, 0.6) is 5.88 Å². The average molecular weight is 471 g/mol. The van der Waals surface area contributed by atoms with Gasteiger partial charge in [-0.05, 0) is 45.7 Å². The molecule has 176 valence electrons. The number of aliphatic hydroxyl groups excluding tert-OH is 1. The van der Waals surface area contributed by atoms with Crippen molar-refractivity contribution in [3.05, 3.63) is 36.2 Å². The van der Waals surface area contributed by atoms with Crippen LogP contribution in [0.2, 0.25) is 0 Å². The molecular weight excluding hydrogens is 440 g/mol. The number of anilines is 1. The molecule has 4 rings (SSSR count). The van der Waals surface area contributed by atoms with Crippen molar-refractivity contribution in [3.63, 3.8) is 0 Å². The molecule has 3 aromatic heterocycles. The fourth-order valence-electron chi connectivity index (χ4n) is 3.85. The van der Waals surface area contributed by atoms with Crippen molar-refractivity contribution in [1.82, 2.24) is 14.9 Å². The predicted molar refractivity (Wildman–Crippen MR) is 130 cm³/mol. The van der Waals surface area contributed by atoms with Gasteiger partial charge in [0.2, 0.25) is 5.88 Å². The van der Waals surface area contributed by atoms with Crippen LogP contribution in [0.15, 0.2) is 30.6 Å². The summed E-state index contributed by atoms with van der Waals surface area (Å²) in [4.78, 5) is 24.9. The molecule has 0 atom stereocenters. The number of likely N-dealkylation sites (tertiary alicyclic amines) is 1. The van der Waals surface area contributed by atoms with Crippen molar-refractivity contribution in [2.24, 2.45) is 0 Å². The van der Waals surface area contributed by atoms with E-state index in [9.17, 15) is 9.90 Å². The van der Waals surface area contributed by atoms with Crippen LogP contribution < -0.4 is 10.1 Å². The summed E-state index contributed by atoms with van der Waals surface area (Å²) in [6.45, 7) is 6.78. The minimum absolute atomic E-state index is 0.0999. The lowest BCUT2D eigenvalue weighted by atomic mass is 10.0. The van der Waals surface area contributed by atoms with Crippen LogP contribution in [0.25, 0.3) is 20.7 Å².